The molecule has 1 heterocycles. The first kappa shape index (κ1) is 19.7. The van der Waals surface area contributed by atoms with Gasteiger partial charge in [-0.05, 0) is 38.0 Å². The minimum atomic E-state index is -0.289. The number of carbonyl (C=O) groups excluding carboxylic acids is 1. The lowest BCUT2D eigenvalue weighted by molar-refractivity contribution is -0.129. The number of nitrogens with one attached hydrogen (secondary N) is 2. The van der Waals surface area contributed by atoms with Crippen molar-refractivity contribution >= 4 is 18.3 Å². The maximum Gasteiger partial charge on any atom is 0.240 e. The number of carbonyl (C=O) groups is 1. The van der Waals surface area contributed by atoms with Crippen molar-refractivity contribution in [3.63, 3.8) is 0 Å². The molecule has 1 fully saturated rings. The lowest BCUT2D eigenvalue weighted by Crippen LogP contribution is -2.55. The molecule has 1 amide bonds. The van der Waals surface area contributed by atoms with Crippen molar-refractivity contribution in [2.24, 2.45) is 0 Å². The third kappa shape index (κ3) is 5.68. The van der Waals surface area contributed by atoms with Gasteiger partial charge in [-0.2, -0.15) is 0 Å². The number of morpholine rings is 1. The molecule has 1 unspecified atom stereocenters. The summed E-state index contributed by atoms with van der Waals surface area (Å²) < 4.78 is 11.1. The molecule has 0 radical (unpaired) electrons. The van der Waals surface area contributed by atoms with Crippen LogP contribution in [0.15, 0.2) is 24.3 Å². The minimum Gasteiger partial charge on any atom is -0.494 e. The molecule has 0 saturated carbocycles. The van der Waals surface area contributed by atoms with Gasteiger partial charge in [-0.15, -0.1) is 12.4 Å². The lowest BCUT2D eigenvalue weighted by atomic mass is 10.1. The predicted octanol–water partition coefficient (Wildman–Crippen LogP) is 2.45. The molecule has 5 nitrogen and oxygen atoms in total. The molecule has 1 saturated heterocycles. The van der Waals surface area contributed by atoms with Gasteiger partial charge in [0, 0.05) is 6.54 Å². The summed E-state index contributed by atoms with van der Waals surface area (Å²) in [6.45, 7) is 8.06. The van der Waals surface area contributed by atoms with Crippen LogP contribution in [0.2, 0.25) is 0 Å². The molecule has 1 aromatic carbocycles. The Morgan fingerprint density at radius 1 is 1.43 bits per heavy atom. The fourth-order valence-electron chi connectivity index (χ4n) is 2.49. The molecule has 0 aromatic heterocycles. The maximum atomic E-state index is 12.3. The number of ether oxygens (including phenoxy) is 2. The average Bonchev–Trinajstić information content (AvgIpc) is 2.53. The number of amides is 1. The highest BCUT2D eigenvalue weighted by Crippen LogP contribution is 2.18. The van der Waals surface area contributed by atoms with Crippen molar-refractivity contribution in [1.82, 2.24) is 10.6 Å². The van der Waals surface area contributed by atoms with Gasteiger partial charge in [0.1, 0.15) is 11.8 Å². The normalized spacial score (nSPS) is 21.9. The van der Waals surface area contributed by atoms with E-state index in [1.807, 2.05) is 38.1 Å². The number of hydrogen-bond acceptors (Lipinski definition) is 4. The van der Waals surface area contributed by atoms with Gasteiger partial charge >= 0.3 is 0 Å². The van der Waals surface area contributed by atoms with Crippen LogP contribution >= 0.6 is 12.4 Å². The van der Waals surface area contributed by atoms with Gasteiger partial charge in [-0.1, -0.05) is 19.1 Å². The Bertz CT molecular complexity index is 481. The van der Waals surface area contributed by atoms with Crippen LogP contribution in [0, 0.1) is 0 Å². The zero-order valence-electron chi connectivity index (χ0n) is 14.0. The first-order chi connectivity index (χ1) is 10.6. The van der Waals surface area contributed by atoms with Gasteiger partial charge < -0.3 is 20.1 Å². The van der Waals surface area contributed by atoms with Crippen LogP contribution in [0.3, 0.4) is 0 Å². The van der Waals surface area contributed by atoms with E-state index in [-0.39, 0.29) is 36.5 Å². The van der Waals surface area contributed by atoms with E-state index in [9.17, 15) is 4.79 Å². The Labute approximate surface area is 144 Å². The number of hydrogen-bond donors (Lipinski definition) is 2. The van der Waals surface area contributed by atoms with E-state index >= 15 is 0 Å². The zero-order valence-corrected chi connectivity index (χ0v) is 14.8. The fourth-order valence-corrected chi connectivity index (χ4v) is 2.49. The molecular weight excluding hydrogens is 316 g/mol. The highest BCUT2D eigenvalue weighted by Gasteiger charge is 2.29. The highest BCUT2D eigenvalue weighted by atomic mass is 35.5. The predicted molar refractivity (Wildman–Crippen MR) is 93.2 cm³/mol. The molecule has 2 rings (SSSR count). The summed E-state index contributed by atoms with van der Waals surface area (Å²) in [5.74, 6) is 0.839. The molecule has 2 N–H and O–H groups in total. The fraction of sp³-hybridized carbons (Fsp3) is 0.588. The molecule has 130 valence electrons. The number of benzene rings is 1. The Morgan fingerprint density at radius 3 is 2.74 bits per heavy atom. The second kappa shape index (κ2) is 9.75. The Hall–Kier alpha value is -1.30. The molecule has 0 aliphatic carbocycles. The summed E-state index contributed by atoms with van der Waals surface area (Å²) in [7, 11) is 0. The van der Waals surface area contributed by atoms with E-state index in [2.05, 4.69) is 17.6 Å². The van der Waals surface area contributed by atoms with Gasteiger partial charge in [0.2, 0.25) is 5.91 Å². The SMILES string of the molecule is CCCOc1ccc(C(C)NC(=O)[C@H]2NCCO[C@@H]2C)cc1.Cl. The van der Waals surface area contributed by atoms with Crippen LogP contribution in [-0.2, 0) is 9.53 Å². The molecule has 6 heteroatoms. The molecule has 0 bridgehead atoms. The van der Waals surface area contributed by atoms with Crippen LogP contribution in [0.1, 0.15) is 38.8 Å². The zero-order chi connectivity index (χ0) is 15.9. The van der Waals surface area contributed by atoms with Crippen LogP contribution < -0.4 is 15.4 Å². The van der Waals surface area contributed by atoms with Crippen molar-refractivity contribution in [3.8, 4) is 5.75 Å². The summed E-state index contributed by atoms with van der Waals surface area (Å²) in [4.78, 5) is 12.3. The minimum absolute atomic E-state index is 0. The van der Waals surface area contributed by atoms with E-state index < -0.39 is 0 Å². The first-order valence-corrected chi connectivity index (χ1v) is 8.00. The third-order valence-corrected chi connectivity index (χ3v) is 3.81. The van der Waals surface area contributed by atoms with Crippen LogP contribution in [0.25, 0.3) is 0 Å². The van der Waals surface area contributed by atoms with E-state index in [0.29, 0.717) is 13.2 Å². The van der Waals surface area contributed by atoms with Crippen LogP contribution in [0.4, 0.5) is 0 Å². The van der Waals surface area contributed by atoms with Crippen molar-refractivity contribution < 1.29 is 14.3 Å². The summed E-state index contributed by atoms with van der Waals surface area (Å²) in [6.07, 6.45) is 0.883. The van der Waals surface area contributed by atoms with Gasteiger partial charge in [-0.3, -0.25) is 4.79 Å². The molecule has 1 aliphatic rings. The monoisotopic (exact) mass is 342 g/mol. The van der Waals surface area contributed by atoms with E-state index in [1.165, 1.54) is 0 Å². The Kier molecular flexibility index (Phi) is 8.37. The van der Waals surface area contributed by atoms with Crippen molar-refractivity contribution in [2.45, 2.75) is 45.4 Å². The molecule has 0 spiro atoms. The van der Waals surface area contributed by atoms with Crippen molar-refractivity contribution in [2.75, 3.05) is 19.8 Å². The van der Waals surface area contributed by atoms with Gasteiger partial charge in [-0.25, -0.2) is 0 Å². The summed E-state index contributed by atoms with van der Waals surface area (Å²) >= 11 is 0. The third-order valence-electron chi connectivity index (χ3n) is 3.81. The molecular formula is C17H27ClN2O3. The number of halogens is 1. The van der Waals surface area contributed by atoms with Crippen LogP contribution in [0.5, 0.6) is 5.75 Å². The molecule has 1 aliphatic heterocycles. The number of rotatable bonds is 6. The standard InChI is InChI=1S/C17H26N2O3.ClH/c1-4-10-22-15-7-5-14(6-8-15)12(2)19-17(20)16-13(3)21-11-9-18-16;/h5-8,12-13,16,18H,4,9-11H2,1-3H3,(H,19,20);1H/t12?,13-,16+;/m1./s1. The van der Waals surface area contributed by atoms with Crippen LogP contribution in [-0.4, -0.2) is 37.8 Å². The smallest absolute Gasteiger partial charge is 0.240 e. The summed E-state index contributed by atoms with van der Waals surface area (Å²) in [6, 6.07) is 7.53. The Morgan fingerprint density at radius 2 is 2.13 bits per heavy atom. The topological polar surface area (TPSA) is 59.6 Å². The summed E-state index contributed by atoms with van der Waals surface area (Å²) in [5.41, 5.74) is 1.06. The van der Waals surface area contributed by atoms with Gasteiger partial charge in [0.05, 0.1) is 25.4 Å². The average molecular weight is 343 g/mol. The van der Waals surface area contributed by atoms with E-state index in [0.717, 1.165) is 24.3 Å². The second-order valence-electron chi connectivity index (χ2n) is 5.66. The molecule has 23 heavy (non-hydrogen) atoms. The summed E-state index contributed by atoms with van der Waals surface area (Å²) in [5, 5.41) is 6.24. The van der Waals surface area contributed by atoms with E-state index in [4.69, 9.17) is 9.47 Å². The van der Waals surface area contributed by atoms with Crippen molar-refractivity contribution in [1.29, 1.82) is 0 Å². The van der Waals surface area contributed by atoms with Gasteiger partial charge in [0.15, 0.2) is 0 Å². The second-order valence-corrected chi connectivity index (χ2v) is 5.66. The molecule has 3 atom stereocenters. The first-order valence-electron chi connectivity index (χ1n) is 8.00. The Balaban J connectivity index is 0.00000264. The maximum absolute atomic E-state index is 12.3. The highest BCUT2D eigenvalue weighted by molar-refractivity contribution is 5.85. The quantitative estimate of drug-likeness (QED) is 0.833. The van der Waals surface area contributed by atoms with Gasteiger partial charge in [0.25, 0.3) is 0 Å². The van der Waals surface area contributed by atoms with Crippen molar-refractivity contribution in [3.05, 3.63) is 29.8 Å². The largest absolute Gasteiger partial charge is 0.494 e. The van der Waals surface area contributed by atoms with E-state index in [1.54, 1.807) is 0 Å². The molecule has 1 aromatic rings. The lowest BCUT2D eigenvalue weighted by Gasteiger charge is -2.30.